The zero-order chi connectivity index (χ0) is 17.1. The lowest BCUT2D eigenvalue weighted by atomic mass is 9.90. The largest absolute Gasteiger partial charge is 0.467 e. The van der Waals surface area contributed by atoms with Crippen molar-refractivity contribution in [3.63, 3.8) is 0 Å². The Morgan fingerprint density at radius 3 is 2.88 bits per heavy atom. The van der Waals surface area contributed by atoms with Gasteiger partial charge in [0.25, 0.3) is 0 Å². The summed E-state index contributed by atoms with van der Waals surface area (Å²) in [5.74, 6) is 0.555. The number of ether oxygens (including phenoxy) is 1. The third-order valence-corrected chi connectivity index (χ3v) is 5.17. The molecule has 2 aliphatic heterocycles. The molecule has 6 heteroatoms. The molecule has 124 valence electrons. The minimum atomic E-state index is -0.641. The topological polar surface area (TPSA) is 24.5 Å². The summed E-state index contributed by atoms with van der Waals surface area (Å²) in [6.07, 6.45) is 0.705. The minimum absolute atomic E-state index is 0.0442. The first-order chi connectivity index (χ1) is 11.4. The van der Waals surface area contributed by atoms with Crippen molar-refractivity contribution >= 4 is 34.6 Å². The number of aryl methyl sites for hydroxylation is 1. The molecule has 24 heavy (non-hydrogen) atoms. The summed E-state index contributed by atoms with van der Waals surface area (Å²) in [6, 6.07) is 10.6. The van der Waals surface area contributed by atoms with Gasteiger partial charge >= 0.3 is 0 Å². The number of fused-ring (bicyclic) bond motifs is 4. The third-order valence-electron chi connectivity index (χ3n) is 4.63. The maximum absolute atomic E-state index is 13.6. The van der Waals surface area contributed by atoms with Crippen LogP contribution in [0.4, 0.5) is 10.1 Å². The SMILES string of the molecule is Cc1cc(N2C(=S)N[C@H]3C[C@@]2(C)Oc2ccc(Cl)cc23)ccc1F. The van der Waals surface area contributed by atoms with Crippen LogP contribution in [0.5, 0.6) is 5.75 Å². The molecule has 0 amide bonds. The smallest absolute Gasteiger partial charge is 0.188 e. The van der Waals surface area contributed by atoms with Gasteiger partial charge in [0.2, 0.25) is 0 Å². The monoisotopic (exact) mass is 362 g/mol. The van der Waals surface area contributed by atoms with Gasteiger partial charge in [-0.05, 0) is 68.0 Å². The number of nitrogens with zero attached hydrogens (tertiary/aromatic N) is 1. The predicted molar refractivity (Wildman–Crippen MR) is 97.2 cm³/mol. The van der Waals surface area contributed by atoms with Gasteiger partial charge < -0.3 is 10.1 Å². The van der Waals surface area contributed by atoms with Crippen molar-refractivity contribution in [1.29, 1.82) is 0 Å². The van der Waals surface area contributed by atoms with Crippen molar-refractivity contribution < 1.29 is 9.13 Å². The summed E-state index contributed by atoms with van der Waals surface area (Å²) in [5, 5.41) is 4.60. The molecule has 2 heterocycles. The van der Waals surface area contributed by atoms with Crippen LogP contribution >= 0.6 is 23.8 Å². The number of thiocarbonyl (C=S) groups is 1. The van der Waals surface area contributed by atoms with Crippen molar-refractivity contribution in [3.05, 3.63) is 58.4 Å². The number of benzene rings is 2. The zero-order valence-corrected chi connectivity index (χ0v) is 14.8. The van der Waals surface area contributed by atoms with Gasteiger partial charge in [0.05, 0.1) is 6.04 Å². The minimum Gasteiger partial charge on any atom is -0.467 e. The average Bonchev–Trinajstić information content (AvgIpc) is 2.51. The highest BCUT2D eigenvalue weighted by Gasteiger charge is 2.48. The molecular weight excluding hydrogens is 347 g/mol. The first-order valence-corrected chi connectivity index (χ1v) is 8.51. The highest BCUT2D eigenvalue weighted by Crippen LogP contribution is 2.46. The summed E-state index contributed by atoms with van der Waals surface area (Å²) in [5.41, 5.74) is 1.75. The predicted octanol–water partition coefficient (Wildman–Crippen LogP) is 4.72. The van der Waals surface area contributed by atoms with Gasteiger partial charge in [-0.3, -0.25) is 4.90 Å². The van der Waals surface area contributed by atoms with Crippen LogP contribution in [-0.2, 0) is 0 Å². The maximum Gasteiger partial charge on any atom is 0.188 e. The Bertz CT molecular complexity index is 859. The van der Waals surface area contributed by atoms with Crippen LogP contribution < -0.4 is 15.0 Å². The molecule has 3 nitrogen and oxygen atoms in total. The second-order valence-corrected chi connectivity index (χ2v) is 7.26. The number of halogens is 2. The fourth-order valence-electron chi connectivity index (χ4n) is 3.50. The molecule has 0 aliphatic carbocycles. The van der Waals surface area contributed by atoms with Crippen molar-refractivity contribution in [1.82, 2.24) is 5.32 Å². The Balaban J connectivity index is 1.80. The highest BCUT2D eigenvalue weighted by molar-refractivity contribution is 7.80. The molecule has 1 saturated heterocycles. The lowest BCUT2D eigenvalue weighted by molar-refractivity contribution is 0.0497. The maximum atomic E-state index is 13.6. The second-order valence-electron chi connectivity index (χ2n) is 6.43. The van der Waals surface area contributed by atoms with Crippen LogP contribution in [0.25, 0.3) is 0 Å². The second kappa shape index (κ2) is 5.33. The van der Waals surface area contributed by atoms with E-state index >= 15 is 0 Å². The Labute approximate surface area is 150 Å². The third kappa shape index (κ3) is 2.34. The van der Waals surface area contributed by atoms with Crippen molar-refractivity contribution in [2.45, 2.75) is 32.0 Å². The molecule has 2 aliphatic rings. The van der Waals surface area contributed by atoms with Crippen molar-refractivity contribution in [2.75, 3.05) is 4.90 Å². The molecular formula is C18H16ClFN2OS. The molecule has 0 unspecified atom stereocenters. The van der Waals surface area contributed by atoms with E-state index in [1.807, 2.05) is 30.0 Å². The number of hydrogen-bond acceptors (Lipinski definition) is 2. The summed E-state index contributed by atoms with van der Waals surface area (Å²) in [4.78, 5) is 1.92. The van der Waals surface area contributed by atoms with Crippen LogP contribution in [0.3, 0.4) is 0 Å². The van der Waals surface area contributed by atoms with E-state index in [9.17, 15) is 4.39 Å². The highest BCUT2D eigenvalue weighted by atomic mass is 35.5. The normalized spacial score (nSPS) is 24.9. The van der Waals surface area contributed by atoms with Gasteiger partial charge in [-0.1, -0.05) is 11.6 Å². The van der Waals surface area contributed by atoms with E-state index in [0.717, 1.165) is 17.0 Å². The van der Waals surface area contributed by atoms with E-state index in [0.29, 0.717) is 22.1 Å². The van der Waals surface area contributed by atoms with Crippen molar-refractivity contribution in [3.8, 4) is 5.75 Å². The molecule has 4 rings (SSSR count). The van der Waals surface area contributed by atoms with Crippen LogP contribution in [0.2, 0.25) is 5.02 Å². The summed E-state index contributed by atoms with van der Waals surface area (Å²) < 4.78 is 19.9. The molecule has 0 spiro atoms. The molecule has 2 atom stereocenters. The molecule has 2 bridgehead atoms. The Kier molecular flexibility index (Phi) is 3.48. The standard InChI is InChI=1S/C18H16ClFN2OS/c1-10-7-12(4-5-14(10)20)22-17(24)21-15-9-18(22,2)23-16-6-3-11(19)8-13(15)16/h3-8,15H,9H2,1-2H3,(H,21,24)/t15-,18+/m0/s1. The average molecular weight is 363 g/mol. The van der Waals surface area contributed by atoms with Crippen LogP contribution in [0, 0.1) is 12.7 Å². The molecule has 2 aromatic carbocycles. The van der Waals surface area contributed by atoms with Crippen LogP contribution in [0.1, 0.15) is 30.5 Å². The fourth-order valence-corrected chi connectivity index (χ4v) is 4.13. The lowest BCUT2D eigenvalue weighted by Gasteiger charge is -2.52. The number of anilines is 1. The lowest BCUT2D eigenvalue weighted by Crippen LogP contribution is -2.65. The van der Waals surface area contributed by atoms with Gasteiger partial charge in [-0.15, -0.1) is 0 Å². The Morgan fingerprint density at radius 1 is 1.33 bits per heavy atom. The van der Waals surface area contributed by atoms with E-state index in [1.54, 1.807) is 19.1 Å². The fraction of sp³-hybridized carbons (Fsp3) is 0.278. The van der Waals surface area contributed by atoms with E-state index in [1.165, 1.54) is 6.07 Å². The molecule has 0 radical (unpaired) electrons. The molecule has 0 aromatic heterocycles. The van der Waals surface area contributed by atoms with Crippen LogP contribution in [0.15, 0.2) is 36.4 Å². The van der Waals surface area contributed by atoms with Crippen molar-refractivity contribution in [2.24, 2.45) is 0 Å². The Morgan fingerprint density at radius 2 is 2.12 bits per heavy atom. The van der Waals surface area contributed by atoms with Gasteiger partial charge in [0.1, 0.15) is 11.6 Å². The van der Waals surface area contributed by atoms with E-state index in [-0.39, 0.29) is 11.9 Å². The number of nitrogens with one attached hydrogen (secondary N) is 1. The zero-order valence-electron chi connectivity index (χ0n) is 13.3. The van der Waals surface area contributed by atoms with E-state index in [2.05, 4.69) is 5.32 Å². The van der Waals surface area contributed by atoms with E-state index in [4.69, 9.17) is 28.6 Å². The Hall–Kier alpha value is -1.85. The summed E-state index contributed by atoms with van der Waals surface area (Å²) >= 11 is 11.7. The number of rotatable bonds is 1. The first kappa shape index (κ1) is 15.7. The summed E-state index contributed by atoms with van der Waals surface area (Å²) in [7, 11) is 0. The van der Waals surface area contributed by atoms with Gasteiger partial charge in [0, 0.05) is 22.7 Å². The van der Waals surface area contributed by atoms with Gasteiger partial charge in [-0.2, -0.15) is 0 Å². The first-order valence-electron chi connectivity index (χ1n) is 7.73. The summed E-state index contributed by atoms with van der Waals surface area (Å²) in [6.45, 7) is 3.74. The van der Waals surface area contributed by atoms with Crippen LogP contribution in [-0.4, -0.2) is 10.8 Å². The molecule has 0 saturated carbocycles. The van der Waals surface area contributed by atoms with Gasteiger partial charge in [-0.25, -0.2) is 4.39 Å². The molecule has 1 N–H and O–H groups in total. The van der Waals surface area contributed by atoms with E-state index < -0.39 is 5.72 Å². The quantitative estimate of drug-likeness (QED) is 0.742. The van der Waals surface area contributed by atoms with Gasteiger partial charge in [0.15, 0.2) is 10.8 Å². The molecule has 2 aromatic rings. The number of hydrogen-bond donors (Lipinski definition) is 1. The molecule has 1 fully saturated rings.